The first kappa shape index (κ1) is 20.8. The van der Waals surface area contributed by atoms with Crippen molar-refractivity contribution in [3.8, 4) is 5.69 Å². The molecule has 1 aliphatic rings. The summed E-state index contributed by atoms with van der Waals surface area (Å²) >= 11 is 0. The first-order valence-corrected chi connectivity index (χ1v) is 10.5. The lowest BCUT2D eigenvalue weighted by Gasteiger charge is -2.34. The number of imidazole rings is 1. The van der Waals surface area contributed by atoms with Crippen LogP contribution < -0.4 is 4.90 Å². The van der Waals surface area contributed by atoms with Gasteiger partial charge in [0.15, 0.2) is 12.3 Å². The molecule has 0 aliphatic heterocycles. The van der Waals surface area contributed by atoms with E-state index in [2.05, 4.69) is 4.98 Å². The Kier molecular flexibility index (Phi) is 6.40. The molecule has 1 aliphatic carbocycles. The van der Waals surface area contributed by atoms with Crippen LogP contribution in [0.3, 0.4) is 0 Å². The molecule has 7 heteroatoms. The zero-order valence-electron chi connectivity index (χ0n) is 17.1. The molecule has 1 fully saturated rings. The summed E-state index contributed by atoms with van der Waals surface area (Å²) in [5, 5.41) is 0. The molecule has 1 aromatic heterocycles. The third-order valence-electron chi connectivity index (χ3n) is 5.52. The van der Waals surface area contributed by atoms with Gasteiger partial charge in [0.05, 0.1) is 12.5 Å². The summed E-state index contributed by atoms with van der Waals surface area (Å²) in [6, 6.07) is 15.3. The van der Waals surface area contributed by atoms with E-state index in [4.69, 9.17) is 4.74 Å². The molecule has 1 amide bonds. The maximum absolute atomic E-state index is 13.2. The predicted octanol–water partition coefficient (Wildman–Crippen LogP) is 4.53. The third-order valence-corrected chi connectivity index (χ3v) is 5.52. The first-order chi connectivity index (χ1) is 15.1. The van der Waals surface area contributed by atoms with Gasteiger partial charge in [-0.25, -0.2) is 14.2 Å². The van der Waals surface area contributed by atoms with Crippen LogP contribution >= 0.6 is 0 Å². The van der Waals surface area contributed by atoms with Crippen LogP contribution in [0, 0.1) is 5.82 Å². The van der Waals surface area contributed by atoms with Crippen LogP contribution in [0.25, 0.3) is 5.69 Å². The van der Waals surface area contributed by atoms with Gasteiger partial charge in [-0.1, -0.05) is 37.5 Å². The second kappa shape index (κ2) is 9.55. The third kappa shape index (κ3) is 4.82. The number of para-hydroxylation sites is 1. The van der Waals surface area contributed by atoms with Crippen molar-refractivity contribution < 1.29 is 18.7 Å². The molecule has 2 aromatic carbocycles. The van der Waals surface area contributed by atoms with Gasteiger partial charge < -0.3 is 9.64 Å². The highest BCUT2D eigenvalue weighted by atomic mass is 19.1. The summed E-state index contributed by atoms with van der Waals surface area (Å²) in [6.07, 6.45) is 8.03. The van der Waals surface area contributed by atoms with Crippen LogP contribution in [0.5, 0.6) is 0 Å². The summed E-state index contributed by atoms with van der Waals surface area (Å²) < 4.78 is 20.1. The van der Waals surface area contributed by atoms with Crippen molar-refractivity contribution in [3.05, 3.63) is 78.6 Å². The second-order valence-corrected chi connectivity index (χ2v) is 7.59. The highest BCUT2D eigenvalue weighted by Crippen LogP contribution is 2.27. The Morgan fingerprint density at radius 1 is 1.03 bits per heavy atom. The standard InChI is InChI=1S/C24H24FN3O3/c25-18-11-13-19(14-12-18)27-17-26-15-22(27)24(30)31-16-23(29)28(20-7-3-1-4-8-20)21-9-5-2-6-10-21/h1,3-4,7-8,11-15,17,21H,2,5-6,9-10,16H2. The SMILES string of the molecule is O=C(OCC(=O)N(c1ccccc1)C1CCCCC1)c1cncn1-c1ccc(F)cc1. The van der Waals surface area contributed by atoms with Crippen molar-refractivity contribution in [2.75, 3.05) is 11.5 Å². The molecular formula is C24H24FN3O3. The lowest BCUT2D eigenvalue weighted by atomic mass is 9.93. The topological polar surface area (TPSA) is 64.4 Å². The van der Waals surface area contributed by atoms with Crippen LogP contribution in [0.15, 0.2) is 67.1 Å². The lowest BCUT2D eigenvalue weighted by molar-refractivity contribution is -0.122. The Labute approximate surface area is 180 Å². The molecule has 0 N–H and O–H groups in total. The molecule has 3 aromatic rings. The number of anilines is 1. The monoisotopic (exact) mass is 421 g/mol. The van der Waals surface area contributed by atoms with Gasteiger partial charge in [-0.15, -0.1) is 0 Å². The molecule has 0 bridgehead atoms. The zero-order valence-corrected chi connectivity index (χ0v) is 17.1. The number of hydrogen-bond acceptors (Lipinski definition) is 4. The van der Waals surface area contributed by atoms with E-state index in [1.54, 1.807) is 17.0 Å². The number of carbonyl (C=O) groups is 2. The predicted molar refractivity (Wildman–Crippen MR) is 115 cm³/mol. The molecule has 6 nitrogen and oxygen atoms in total. The number of esters is 1. The largest absolute Gasteiger partial charge is 0.451 e. The number of hydrogen-bond donors (Lipinski definition) is 0. The highest BCUT2D eigenvalue weighted by Gasteiger charge is 2.28. The maximum Gasteiger partial charge on any atom is 0.357 e. The van der Waals surface area contributed by atoms with Gasteiger partial charge in [-0.2, -0.15) is 0 Å². The number of carbonyl (C=O) groups excluding carboxylic acids is 2. The van der Waals surface area contributed by atoms with Crippen molar-refractivity contribution in [1.82, 2.24) is 9.55 Å². The normalized spacial score (nSPS) is 14.2. The average Bonchev–Trinajstić information content (AvgIpc) is 3.30. The minimum atomic E-state index is -0.660. The van der Waals surface area contributed by atoms with Crippen LogP contribution in [0.2, 0.25) is 0 Å². The Hall–Kier alpha value is -3.48. The molecule has 1 saturated carbocycles. The number of halogens is 1. The van der Waals surface area contributed by atoms with Gasteiger partial charge >= 0.3 is 5.97 Å². The summed E-state index contributed by atoms with van der Waals surface area (Å²) in [5.74, 6) is -1.28. The van der Waals surface area contributed by atoms with Gasteiger partial charge in [0.25, 0.3) is 5.91 Å². The van der Waals surface area contributed by atoms with Crippen molar-refractivity contribution in [2.45, 2.75) is 38.1 Å². The Morgan fingerprint density at radius 2 is 1.74 bits per heavy atom. The molecule has 0 spiro atoms. The van der Waals surface area contributed by atoms with E-state index in [-0.39, 0.29) is 30.1 Å². The maximum atomic E-state index is 13.2. The minimum Gasteiger partial charge on any atom is -0.451 e. The fourth-order valence-electron chi connectivity index (χ4n) is 4.01. The van der Waals surface area contributed by atoms with E-state index < -0.39 is 5.97 Å². The van der Waals surface area contributed by atoms with Crippen LogP contribution in [0.1, 0.15) is 42.6 Å². The number of rotatable bonds is 6. The second-order valence-electron chi connectivity index (χ2n) is 7.59. The van der Waals surface area contributed by atoms with Gasteiger partial charge in [0, 0.05) is 17.4 Å². The van der Waals surface area contributed by atoms with E-state index in [0.29, 0.717) is 5.69 Å². The summed E-state index contributed by atoms with van der Waals surface area (Å²) in [7, 11) is 0. The number of ether oxygens (including phenoxy) is 1. The van der Waals surface area contributed by atoms with Gasteiger partial charge in [0.1, 0.15) is 5.82 Å². The highest BCUT2D eigenvalue weighted by molar-refractivity contribution is 5.97. The molecule has 4 rings (SSSR count). The molecule has 0 atom stereocenters. The smallest absolute Gasteiger partial charge is 0.357 e. The summed E-state index contributed by atoms with van der Waals surface area (Å²) in [4.78, 5) is 31.5. The minimum absolute atomic E-state index is 0.104. The molecular weight excluding hydrogens is 397 g/mol. The van der Waals surface area contributed by atoms with Crippen molar-refractivity contribution in [3.63, 3.8) is 0 Å². The Bertz CT molecular complexity index is 1030. The number of nitrogens with zero attached hydrogens (tertiary/aromatic N) is 3. The van der Waals surface area contributed by atoms with E-state index >= 15 is 0 Å². The molecule has 0 unspecified atom stereocenters. The van der Waals surface area contributed by atoms with Crippen LogP contribution in [0.4, 0.5) is 10.1 Å². The average molecular weight is 421 g/mol. The van der Waals surface area contributed by atoms with Crippen LogP contribution in [-0.4, -0.2) is 34.1 Å². The molecule has 0 radical (unpaired) electrons. The van der Waals surface area contributed by atoms with Crippen molar-refractivity contribution >= 4 is 17.6 Å². The lowest BCUT2D eigenvalue weighted by Crippen LogP contribution is -2.43. The Balaban J connectivity index is 1.47. The zero-order chi connectivity index (χ0) is 21.6. The van der Waals surface area contributed by atoms with E-state index in [9.17, 15) is 14.0 Å². The van der Waals surface area contributed by atoms with Crippen molar-refractivity contribution in [2.24, 2.45) is 0 Å². The molecule has 31 heavy (non-hydrogen) atoms. The fourth-order valence-corrected chi connectivity index (χ4v) is 4.01. The van der Waals surface area contributed by atoms with Crippen molar-refractivity contribution in [1.29, 1.82) is 0 Å². The molecule has 0 saturated heterocycles. The number of amides is 1. The fraction of sp³-hybridized carbons (Fsp3) is 0.292. The number of benzene rings is 2. The first-order valence-electron chi connectivity index (χ1n) is 10.5. The van der Waals surface area contributed by atoms with E-state index in [0.717, 1.165) is 31.4 Å². The van der Waals surface area contributed by atoms with Gasteiger partial charge in [-0.05, 0) is 49.2 Å². The van der Waals surface area contributed by atoms with E-state index in [1.807, 2.05) is 30.3 Å². The molecule has 1 heterocycles. The Morgan fingerprint density at radius 3 is 2.45 bits per heavy atom. The van der Waals surface area contributed by atoms with E-state index in [1.165, 1.54) is 35.6 Å². The molecule has 160 valence electrons. The summed E-state index contributed by atoms with van der Waals surface area (Å²) in [5.41, 5.74) is 1.56. The summed E-state index contributed by atoms with van der Waals surface area (Å²) in [6.45, 7) is -0.362. The van der Waals surface area contributed by atoms with Gasteiger partial charge in [0.2, 0.25) is 0 Å². The quantitative estimate of drug-likeness (QED) is 0.549. The van der Waals surface area contributed by atoms with Gasteiger partial charge in [-0.3, -0.25) is 9.36 Å². The number of aromatic nitrogens is 2. The van der Waals surface area contributed by atoms with Crippen LogP contribution in [-0.2, 0) is 9.53 Å².